The van der Waals surface area contributed by atoms with Crippen molar-refractivity contribution in [3.63, 3.8) is 0 Å². The third-order valence-corrected chi connectivity index (χ3v) is 2.44. The van der Waals surface area contributed by atoms with Crippen LogP contribution in [0.3, 0.4) is 0 Å². The van der Waals surface area contributed by atoms with E-state index in [9.17, 15) is 0 Å². The van der Waals surface area contributed by atoms with Crippen LogP contribution in [-0.2, 0) is 5.75 Å². The van der Waals surface area contributed by atoms with E-state index in [2.05, 4.69) is 35.8 Å². The summed E-state index contributed by atoms with van der Waals surface area (Å²) in [6.45, 7) is 0. The van der Waals surface area contributed by atoms with Gasteiger partial charge in [0, 0.05) is 17.5 Å². The first-order valence-electron chi connectivity index (χ1n) is 4.51. The molecule has 0 atom stereocenters. The SMILES string of the molecule is SCc1cccc(-c2ccccn2)c1. The minimum Gasteiger partial charge on any atom is -0.256 e. The van der Waals surface area contributed by atoms with Gasteiger partial charge in [0.25, 0.3) is 0 Å². The number of thiol groups is 1. The fraction of sp³-hybridized carbons (Fsp3) is 0.0833. The summed E-state index contributed by atoms with van der Waals surface area (Å²) in [6.07, 6.45) is 1.81. The molecule has 70 valence electrons. The van der Waals surface area contributed by atoms with Gasteiger partial charge in [-0.05, 0) is 23.8 Å². The Hall–Kier alpha value is -1.28. The topological polar surface area (TPSA) is 12.9 Å². The van der Waals surface area contributed by atoms with Crippen LogP contribution in [-0.4, -0.2) is 4.98 Å². The second-order valence-corrected chi connectivity index (χ2v) is 3.39. The fourth-order valence-corrected chi connectivity index (χ4v) is 1.56. The molecule has 1 heterocycles. The number of rotatable bonds is 2. The smallest absolute Gasteiger partial charge is 0.0702 e. The summed E-state index contributed by atoms with van der Waals surface area (Å²) in [4.78, 5) is 4.30. The highest BCUT2D eigenvalue weighted by Gasteiger charge is 1.97. The van der Waals surface area contributed by atoms with Crippen LogP contribution in [0.5, 0.6) is 0 Å². The van der Waals surface area contributed by atoms with Gasteiger partial charge in [0.2, 0.25) is 0 Å². The number of aromatic nitrogens is 1. The molecule has 1 aromatic heterocycles. The van der Waals surface area contributed by atoms with Crippen LogP contribution < -0.4 is 0 Å². The molecule has 0 amide bonds. The van der Waals surface area contributed by atoms with E-state index in [1.807, 2.05) is 30.5 Å². The standard InChI is InChI=1S/C12H11NS/c14-9-10-4-3-5-11(8-10)12-6-1-2-7-13-12/h1-8,14H,9H2. The lowest BCUT2D eigenvalue weighted by Crippen LogP contribution is -1.83. The molecular formula is C12H11NS. The number of pyridine rings is 1. The largest absolute Gasteiger partial charge is 0.256 e. The minimum atomic E-state index is 0.765. The highest BCUT2D eigenvalue weighted by atomic mass is 32.1. The molecule has 0 aliphatic rings. The summed E-state index contributed by atoms with van der Waals surface area (Å²) < 4.78 is 0. The quantitative estimate of drug-likeness (QED) is 0.736. The minimum absolute atomic E-state index is 0.765. The second kappa shape index (κ2) is 4.29. The van der Waals surface area contributed by atoms with Crippen molar-refractivity contribution < 1.29 is 0 Å². The Labute approximate surface area is 89.2 Å². The number of hydrogen-bond acceptors (Lipinski definition) is 2. The fourth-order valence-electron chi connectivity index (χ4n) is 1.36. The molecule has 14 heavy (non-hydrogen) atoms. The van der Waals surface area contributed by atoms with Gasteiger partial charge >= 0.3 is 0 Å². The van der Waals surface area contributed by atoms with Crippen LogP contribution in [0.4, 0.5) is 0 Å². The Morgan fingerprint density at radius 1 is 1.07 bits per heavy atom. The molecule has 0 radical (unpaired) electrons. The molecule has 0 fully saturated rings. The molecule has 0 unspecified atom stereocenters. The molecule has 2 aromatic rings. The molecular weight excluding hydrogens is 190 g/mol. The molecule has 0 spiro atoms. The van der Waals surface area contributed by atoms with E-state index in [1.165, 1.54) is 5.56 Å². The molecule has 2 heteroatoms. The van der Waals surface area contributed by atoms with Gasteiger partial charge in [-0.2, -0.15) is 12.6 Å². The van der Waals surface area contributed by atoms with Gasteiger partial charge in [0.15, 0.2) is 0 Å². The van der Waals surface area contributed by atoms with E-state index in [1.54, 1.807) is 0 Å². The van der Waals surface area contributed by atoms with Crippen LogP contribution in [0.25, 0.3) is 11.3 Å². The van der Waals surface area contributed by atoms with E-state index < -0.39 is 0 Å². The first-order chi connectivity index (χ1) is 6.90. The first-order valence-corrected chi connectivity index (χ1v) is 5.14. The monoisotopic (exact) mass is 201 g/mol. The van der Waals surface area contributed by atoms with Crippen molar-refractivity contribution in [2.24, 2.45) is 0 Å². The van der Waals surface area contributed by atoms with Crippen molar-refractivity contribution in [2.75, 3.05) is 0 Å². The maximum Gasteiger partial charge on any atom is 0.0702 e. The highest BCUT2D eigenvalue weighted by molar-refractivity contribution is 7.79. The molecule has 0 aliphatic heterocycles. The van der Waals surface area contributed by atoms with Gasteiger partial charge in [0.05, 0.1) is 5.69 Å². The molecule has 1 nitrogen and oxygen atoms in total. The van der Waals surface area contributed by atoms with Crippen LogP contribution in [0, 0.1) is 0 Å². The molecule has 0 bridgehead atoms. The maximum atomic E-state index is 4.30. The summed E-state index contributed by atoms with van der Waals surface area (Å²) >= 11 is 4.25. The van der Waals surface area contributed by atoms with E-state index in [0.717, 1.165) is 17.0 Å². The summed E-state index contributed by atoms with van der Waals surface area (Å²) in [6, 6.07) is 14.2. The predicted octanol–water partition coefficient (Wildman–Crippen LogP) is 3.18. The van der Waals surface area contributed by atoms with Crippen molar-refractivity contribution in [1.82, 2.24) is 4.98 Å². The van der Waals surface area contributed by atoms with Gasteiger partial charge in [-0.3, -0.25) is 4.98 Å². The lowest BCUT2D eigenvalue weighted by molar-refractivity contribution is 1.31. The van der Waals surface area contributed by atoms with Gasteiger partial charge < -0.3 is 0 Å². The van der Waals surface area contributed by atoms with Crippen molar-refractivity contribution in [1.29, 1.82) is 0 Å². The molecule has 0 saturated carbocycles. The Kier molecular flexibility index (Phi) is 2.84. The Morgan fingerprint density at radius 2 is 2.00 bits per heavy atom. The Morgan fingerprint density at radius 3 is 2.71 bits per heavy atom. The van der Waals surface area contributed by atoms with Crippen LogP contribution in [0.1, 0.15) is 5.56 Å². The van der Waals surface area contributed by atoms with E-state index in [4.69, 9.17) is 0 Å². The third-order valence-electron chi connectivity index (χ3n) is 2.07. The number of nitrogens with zero attached hydrogens (tertiary/aromatic N) is 1. The predicted molar refractivity (Wildman–Crippen MR) is 62.4 cm³/mol. The average Bonchev–Trinajstić information content (AvgIpc) is 2.30. The lowest BCUT2D eigenvalue weighted by atomic mass is 10.1. The number of hydrogen-bond donors (Lipinski definition) is 1. The van der Waals surface area contributed by atoms with Crippen molar-refractivity contribution in [3.8, 4) is 11.3 Å². The Balaban J connectivity index is 2.42. The summed E-state index contributed by atoms with van der Waals surface area (Å²) in [5, 5.41) is 0. The van der Waals surface area contributed by atoms with Crippen LogP contribution >= 0.6 is 12.6 Å². The van der Waals surface area contributed by atoms with E-state index in [-0.39, 0.29) is 0 Å². The van der Waals surface area contributed by atoms with E-state index >= 15 is 0 Å². The molecule has 0 aliphatic carbocycles. The van der Waals surface area contributed by atoms with E-state index in [0.29, 0.717) is 0 Å². The van der Waals surface area contributed by atoms with Crippen LogP contribution in [0.2, 0.25) is 0 Å². The van der Waals surface area contributed by atoms with Crippen molar-refractivity contribution >= 4 is 12.6 Å². The average molecular weight is 201 g/mol. The summed E-state index contributed by atoms with van der Waals surface area (Å²) in [5.74, 6) is 0.765. The maximum absolute atomic E-state index is 4.30. The molecule has 1 aromatic carbocycles. The van der Waals surface area contributed by atoms with Gasteiger partial charge in [-0.25, -0.2) is 0 Å². The van der Waals surface area contributed by atoms with Crippen LogP contribution in [0.15, 0.2) is 48.7 Å². The molecule has 0 saturated heterocycles. The lowest BCUT2D eigenvalue weighted by Gasteiger charge is -2.01. The first kappa shape index (κ1) is 9.28. The van der Waals surface area contributed by atoms with Crippen molar-refractivity contribution in [2.45, 2.75) is 5.75 Å². The highest BCUT2D eigenvalue weighted by Crippen LogP contribution is 2.18. The van der Waals surface area contributed by atoms with Gasteiger partial charge in [0.1, 0.15) is 0 Å². The molecule has 2 rings (SSSR count). The van der Waals surface area contributed by atoms with Crippen molar-refractivity contribution in [3.05, 3.63) is 54.2 Å². The molecule has 0 N–H and O–H groups in total. The number of benzene rings is 1. The zero-order chi connectivity index (χ0) is 9.80. The summed E-state index contributed by atoms with van der Waals surface area (Å²) in [7, 11) is 0. The zero-order valence-electron chi connectivity index (χ0n) is 7.72. The van der Waals surface area contributed by atoms with Gasteiger partial charge in [-0.15, -0.1) is 0 Å². The third kappa shape index (κ3) is 1.96. The Bertz CT molecular complexity index is 412. The zero-order valence-corrected chi connectivity index (χ0v) is 8.61. The second-order valence-electron chi connectivity index (χ2n) is 3.07. The normalized spacial score (nSPS) is 10.1. The summed E-state index contributed by atoms with van der Waals surface area (Å²) in [5.41, 5.74) is 3.38. The van der Waals surface area contributed by atoms with Gasteiger partial charge in [-0.1, -0.05) is 24.3 Å².